The summed E-state index contributed by atoms with van der Waals surface area (Å²) in [6.45, 7) is 15.5. The standard InChI is InChI=1S/C26H42O4/c1-7-18(3)30-22-19(4)23(5)12-10-20-25(27,16-29-20)15-24(6)21(22)17(2)9-8-11-26(24,28)14-13-23/h7,18-20,22,27-28H,1,8-16H2,2-6H3. The maximum atomic E-state index is 12.3. The van der Waals surface area contributed by atoms with Crippen LogP contribution in [0.25, 0.3) is 0 Å². The van der Waals surface area contributed by atoms with Gasteiger partial charge in [-0.15, -0.1) is 6.58 Å². The Morgan fingerprint density at radius 2 is 1.93 bits per heavy atom. The van der Waals surface area contributed by atoms with Crippen molar-refractivity contribution in [2.24, 2.45) is 16.7 Å². The van der Waals surface area contributed by atoms with Gasteiger partial charge < -0.3 is 19.7 Å². The Morgan fingerprint density at radius 3 is 2.57 bits per heavy atom. The molecule has 1 saturated heterocycles. The average molecular weight is 419 g/mol. The van der Waals surface area contributed by atoms with Gasteiger partial charge in [0.15, 0.2) is 0 Å². The minimum absolute atomic E-state index is 0.00787. The molecule has 4 aliphatic carbocycles. The van der Waals surface area contributed by atoms with Gasteiger partial charge in [0.1, 0.15) is 5.60 Å². The van der Waals surface area contributed by atoms with Crippen molar-refractivity contribution in [1.29, 1.82) is 0 Å². The molecule has 2 N–H and O–H groups in total. The van der Waals surface area contributed by atoms with Crippen LogP contribution in [-0.2, 0) is 9.47 Å². The molecule has 4 heteroatoms. The molecule has 0 spiro atoms. The zero-order chi connectivity index (χ0) is 21.9. The predicted molar refractivity (Wildman–Crippen MR) is 119 cm³/mol. The lowest BCUT2D eigenvalue weighted by molar-refractivity contribution is -0.270. The Balaban J connectivity index is 1.95. The van der Waals surface area contributed by atoms with Gasteiger partial charge in [-0.2, -0.15) is 0 Å². The summed E-state index contributed by atoms with van der Waals surface area (Å²) in [6.07, 6.45) is 8.48. The first kappa shape index (κ1) is 22.5. The molecule has 4 nitrogen and oxygen atoms in total. The van der Waals surface area contributed by atoms with E-state index in [1.807, 2.05) is 6.08 Å². The van der Waals surface area contributed by atoms with Crippen LogP contribution in [0.2, 0.25) is 0 Å². The number of rotatable bonds is 3. The van der Waals surface area contributed by atoms with Gasteiger partial charge in [0, 0.05) is 5.41 Å². The maximum absolute atomic E-state index is 12.3. The Kier molecular flexibility index (Phi) is 5.58. The van der Waals surface area contributed by atoms with Crippen LogP contribution in [0.5, 0.6) is 0 Å². The quantitative estimate of drug-likeness (QED) is 0.638. The van der Waals surface area contributed by atoms with Crippen LogP contribution in [0.15, 0.2) is 23.8 Å². The van der Waals surface area contributed by atoms with Crippen LogP contribution in [-0.4, -0.2) is 46.3 Å². The van der Waals surface area contributed by atoms with Crippen LogP contribution < -0.4 is 0 Å². The molecule has 3 saturated carbocycles. The van der Waals surface area contributed by atoms with Gasteiger partial charge >= 0.3 is 0 Å². The molecular weight excluding hydrogens is 376 g/mol. The normalized spacial score (nSPS) is 50.0. The zero-order valence-corrected chi connectivity index (χ0v) is 19.7. The molecule has 5 rings (SSSR count). The Hall–Kier alpha value is -0.680. The highest BCUT2D eigenvalue weighted by atomic mass is 16.6. The van der Waals surface area contributed by atoms with E-state index in [1.54, 1.807) is 0 Å². The largest absolute Gasteiger partial charge is 0.389 e. The smallest absolute Gasteiger partial charge is 0.115 e. The first-order valence-corrected chi connectivity index (χ1v) is 12.0. The van der Waals surface area contributed by atoms with Gasteiger partial charge in [-0.3, -0.25) is 0 Å². The topological polar surface area (TPSA) is 58.9 Å². The van der Waals surface area contributed by atoms with Crippen molar-refractivity contribution in [1.82, 2.24) is 0 Å². The van der Waals surface area contributed by atoms with Crippen molar-refractivity contribution in [3.8, 4) is 0 Å². The fraction of sp³-hybridized carbons (Fsp3) is 0.846. The summed E-state index contributed by atoms with van der Waals surface area (Å²) in [5.41, 5.74) is 0.346. The number of hydrogen-bond donors (Lipinski definition) is 2. The highest BCUT2D eigenvalue weighted by Gasteiger charge is 2.63. The van der Waals surface area contributed by atoms with Crippen LogP contribution >= 0.6 is 0 Å². The molecule has 4 fully saturated rings. The molecule has 1 heterocycles. The number of aliphatic hydroxyl groups is 2. The third-order valence-corrected chi connectivity index (χ3v) is 9.64. The lowest BCUT2D eigenvalue weighted by atomic mass is 9.51. The van der Waals surface area contributed by atoms with Crippen LogP contribution in [0.4, 0.5) is 0 Å². The molecule has 170 valence electrons. The lowest BCUT2D eigenvalue weighted by Gasteiger charge is -2.60. The third-order valence-electron chi connectivity index (χ3n) is 9.64. The number of allylic oxidation sites excluding steroid dienone is 1. The molecule has 8 unspecified atom stereocenters. The van der Waals surface area contributed by atoms with Crippen molar-refractivity contribution < 1.29 is 19.7 Å². The van der Waals surface area contributed by atoms with Crippen LogP contribution in [0, 0.1) is 16.7 Å². The first-order chi connectivity index (χ1) is 14.0. The molecule has 4 bridgehead atoms. The predicted octanol–water partition coefficient (Wildman–Crippen LogP) is 4.93. The highest BCUT2D eigenvalue weighted by Crippen LogP contribution is 2.61. The second-order valence-corrected chi connectivity index (χ2v) is 11.5. The SMILES string of the molecule is C=CC(C)OC1C2=C(C)CCCC3(O)CCC(C)(CCC4OCC4(O)CC23C)C1C. The average Bonchev–Trinajstić information content (AvgIpc) is 2.77. The van der Waals surface area contributed by atoms with E-state index in [0.717, 1.165) is 44.9 Å². The molecular formula is C26H42O4. The molecule has 0 aromatic rings. The monoisotopic (exact) mass is 418 g/mol. The number of ether oxygens (including phenoxy) is 2. The highest BCUT2D eigenvalue weighted by molar-refractivity contribution is 5.34. The van der Waals surface area contributed by atoms with E-state index in [0.29, 0.717) is 18.9 Å². The van der Waals surface area contributed by atoms with Crippen molar-refractivity contribution in [2.45, 2.75) is 115 Å². The Bertz CT molecular complexity index is 731. The summed E-state index contributed by atoms with van der Waals surface area (Å²) in [4.78, 5) is 0. The van der Waals surface area contributed by atoms with E-state index in [-0.39, 0.29) is 23.7 Å². The van der Waals surface area contributed by atoms with Crippen molar-refractivity contribution in [2.75, 3.05) is 6.61 Å². The van der Waals surface area contributed by atoms with E-state index in [9.17, 15) is 10.2 Å². The van der Waals surface area contributed by atoms with Gasteiger partial charge in [-0.25, -0.2) is 0 Å². The summed E-state index contributed by atoms with van der Waals surface area (Å²) < 4.78 is 12.6. The van der Waals surface area contributed by atoms with Crippen molar-refractivity contribution in [3.63, 3.8) is 0 Å². The zero-order valence-electron chi connectivity index (χ0n) is 19.7. The minimum atomic E-state index is -0.869. The van der Waals surface area contributed by atoms with E-state index in [2.05, 4.69) is 41.2 Å². The van der Waals surface area contributed by atoms with Gasteiger partial charge in [-0.05, 0) is 82.1 Å². The second-order valence-electron chi connectivity index (χ2n) is 11.5. The summed E-state index contributed by atoms with van der Waals surface area (Å²) >= 11 is 0. The molecule has 30 heavy (non-hydrogen) atoms. The first-order valence-electron chi connectivity index (χ1n) is 12.0. The summed E-state index contributed by atoms with van der Waals surface area (Å²) in [7, 11) is 0. The number of fused-ring (bicyclic) bond motifs is 3. The molecule has 5 aliphatic rings. The number of hydrogen-bond acceptors (Lipinski definition) is 4. The summed E-state index contributed by atoms with van der Waals surface area (Å²) in [5.74, 6) is 0.304. The van der Waals surface area contributed by atoms with E-state index in [4.69, 9.17) is 9.47 Å². The minimum Gasteiger partial charge on any atom is -0.389 e. The van der Waals surface area contributed by atoms with Crippen molar-refractivity contribution >= 4 is 0 Å². The fourth-order valence-corrected chi connectivity index (χ4v) is 7.14. The Labute approximate surface area is 182 Å². The van der Waals surface area contributed by atoms with E-state index < -0.39 is 16.6 Å². The van der Waals surface area contributed by atoms with Gasteiger partial charge in [0.25, 0.3) is 0 Å². The molecule has 1 aliphatic heterocycles. The molecule has 0 aromatic heterocycles. The molecule has 0 amide bonds. The van der Waals surface area contributed by atoms with Crippen LogP contribution in [0.3, 0.4) is 0 Å². The Morgan fingerprint density at radius 1 is 1.20 bits per heavy atom. The molecule has 0 radical (unpaired) electrons. The van der Waals surface area contributed by atoms with Gasteiger partial charge in [-0.1, -0.05) is 32.4 Å². The van der Waals surface area contributed by atoms with Gasteiger partial charge in [0.2, 0.25) is 0 Å². The lowest BCUT2D eigenvalue weighted by Crippen LogP contribution is -2.66. The van der Waals surface area contributed by atoms with E-state index in [1.165, 1.54) is 11.1 Å². The second kappa shape index (κ2) is 7.43. The third kappa shape index (κ3) is 3.25. The van der Waals surface area contributed by atoms with E-state index >= 15 is 0 Å². The van der Waals surface area contributed by atoms with Crippen LogP contribution in [0.1, 0.15) is 86.0 Å². The van der Waals surface area contributed by atoms with Crippen molar-refractivity contribution in [3.05, 3.63) is 23.8 Å². The molecule has 8 atom stereocenters. The maximum Gasteiger partial charge on any atom is 0.115 e. The summed E-state index contributed by atoms with van der Waals surface area (Å²) in [5, 5.41) is 23.9. The van der Waals surface area contributed by atoms with Gasteiger partial charge in [0.05, 0.1) is 30.5 Å². The fourth-order valence-electron chi connectivity index (χ4n) is 7.14. The summed E-state index contributed by atoms with van der Waals surface area (Å²) in [6, 6.07) is 0. The molecule has 0 aromatic carbocycles.